The second-order valence-corrected chi connectivity index (χ2v) is 10.7. The van der Waals surface area contributed by atoms with E-state index in [0.29, 0.717) is 18.8 Å². The van der Waals surface area contributed by atoms with Crippen molar-refractivity contribution in [2.45, 2.75) is 63.3 Å². The largest absolute Gasteiger partial charge is 0.528 e. The highest BCUT2D eigenvalue weighted by atomic mass is 16.8. The van der Waals surface area contributed by atoms with Crippen molar-refractivity contribution >= 4 is 29.8 Å². The minimum Gasteiger partial charge on any atom is -0.480 e. The molecule has 1 aliphatic carbocycles. The van der Waals surface area contributed by atoms with E-state index in [1.807, 2.05) is 42.5 Å². The van der Waals surface area contributed by atoms with E-state index in [-0.39, 0.29) is 44.2 Å². The molecule has 232 valence electrons. The molecular formula is C30H39N5O8. The molecule has 1 saturated heterocycles. The van der Waals surface area contributed by atoms with Crippen molar-refractivity contribution in [1.82, 2.24) is 20.7 Å². The topological polar surface area (TPSA) is 168 Å². The van der Waals surface area contributed by atoms with Gasteiger partial charge < -0.3 is 35.4 Å². The summed E-state index contributed by atoms with van der Waals surface area (Å²) in [7, 11) is 0. The third kappa shape index (κ3) is 10.5. The van der Waals surface area contributed by atoms with Gasteiger partial charge in [-0.3, -0.25) is 9.59 Å². The fraction of sp³-hybridized carbons (Fsp3) is 0.500. The Morgan fingerprint density at radius 3 is 2.51 bits per heavy atom. The van der Waals surface area contributed by atoms with Crippen LogP contribution < -0.4 is 16.0 Å². The first kappa shape index (κ1) is 31.7. The van der Waals surface area contributed by atoms with Gasteiger partial charge in [0.1, 0.15) is 25.1 Å². The lowest BCUT2D eigenvalue weighted by atomic mass is 9.88. The number of nitrogens with one attached hydrogen (secondary N) is 3. The number of anilines is 1. The molecule has 4 N–H and O–H groups in total. The quantitative estimate of drug-likeness (QED) is 0.236. The molecule has 1 saturated carbocycles. The molecule has 13 nitrogen and oxygen atoms in total. The molecule has 0 bridgehead atoms. The summed E-state index contributed by atoms with van der Waals surface area (Å²) in [6.07, 6.45) is 5.23. The summed E-state index contributed by atoms with van der Waals surface area (Å²) in [5.41, 5.74) is 0.820. The van der Waals surface area contributed by atoms with Gasteiger partial charge in [0.05, 0.1) is 18.7 Å². The number of pyridine rings is 1. The maximum Gasteiger partial charge on any atom is 0.528 e. The standard InChI is InChI=1S/C30H39N5O8/c36-27(33-17-25(29(38)39)34-28(37)22-11-5-2-6-12-22)20-41-24-15-23(16-32-26-13-7-8-14-31-26)35(18-24)43-30(40)42-19-21-9-3-1-4-10-21/h1,3-4,7-10,13-14,22-25H,2,5-6,11-12,15-20H2,(H,31,32)(H,33,36)(H,34,37)(H,38,39). The summed E-state index contributed by atoms with van der Waals surface area (Å²) in [6, 6.07) is 13.2. The zero-order chi connectivity index (χ0) is 30.4. The summed E-state index contributed by atoms with van der Waals surface area (Å²) >= 11 is 0. The first-order chi connectivity index (χ1) is 20.9. The molecule has 1 aromatic carbocycles. The number of carboxylic acids is 1. The van der Waals surface area contributed by atoms with Gasteiger partial charge in [0.2, 0.25) is 11.8 Å². The van der Waals surface area contributed by atoms with Gasteiger partial charge in [-0.05, 0) is 37.0 Å². The van der Waals surface area contributed by atoms with E-state index in [1.54, 1.807) is 12.3 Å². The monoisotopic (exact) mass is 597 g/mol. The number of hydroxylamine groups is 2. The molecule has 4 rings (SSSR count). The number of hydrogen-bond acceptors (Lipinski definition) is 10. The molecule has 3 unspecified atom stereocenters. The van der Waals surface area contributed by atoms with Crippen LogP contribution in [0.2, 0.25) is 0 Å². The molecular weight excluding hydrogens is 558 g/mol. The number of ether oxygens (including phenoxy) is 2. The SMILES string of the molecule is O=C(COC1CC(CNc2ccccn2)N(OC(=O)OCc2ccccc2)C1)NCC(NC(=O)C1CCCCC1)C(=O)O. The lowest BCUT2D eigenvalue weighted by Crippen LogP contribution is -2.50. The molecule has 3 atom stereocenters. The van der Waals surface area contributed by atoms with E-state index in [9.17, 15) is 24.3 Å². The number of carboxylic acid groups (broad SMARTS) is 1. The molecule has 2 heterocycles. The molecule has 0 radical (unpaired) electrons. The van der Waals surface area contributed by atoms with Gasteiger partial charge >= 0.3 is 12.1 Å². The average molecular weight is 598 g/mol. The van der Waals surface area contributed by atoms with Crippen LogP contribution in [0.1, 0.15) is 44.1 Å². The Morgan fingerprint density at radius 2 is 1.79 bits per heavy atom. The molecule has 1 aliphatic heterocycles. The predicted molar refractivity (Wildman–Crippen MR) is 154 cm³/mol. The second-order valence-electron chi connectivity index (χ2n) is 10.7. The molecule has 13 heteroatoms. The number of hydrogen-bond donors (Lipinski definition) is 4. The van der Waals surface area contributed by atoms with Crippen LogP contribution in [0.25, 0.3) is 0 Å². The van der Waals surface area contributed by atoms with Gasteiger partial charge in [-0.1, -0.05) is 55.7 Å². The summed E-state index contributed by atoms with van der Waals surface area (Å²) in [5.74, 6) is -1.59. The van der Waals surface area contributed by atoms with Gasteiger partial charge in [0.15, 0.2) is 0 Å². The van der Waals surface area contributed by atoms with E-state index < -0.39 is 30.2 Å². The maximum absolute atomic E-state index is 12.5. The molecule has 2 fully saturated rings. The minimum absolute atomic E-state index is 0.0584. The average Bonchev–Trinajstić information content (AvgIpc) is 3.42. The Kier molecular flexibility index (Phi) is 12.1. The molecule has 1 aromatic heterocycles. The van der Waals surface area contributed by atoms with Crippen LogP contribution in [0.5, 0.6) is 0 Å². The lowest BCUT2D eigenvalue weighted by molar-refractivity contribution is -0.144. The van der Waals surface area contributed by atoms with Crippen LogP contribution in [-0.4, -0.2) is 83.5 Å². The number of benzene rings is 1. The van der Waals surface area contributed by atoms with Crippen LogP contribution in [0.3, 0.4) is 0 Å². The van der Waals surface area contributed by atoms with E-state index in [4.69, 9.17) is 14.3 Å². The van der Waals surface area contributed by atoms with Gasteiger partial charge in [-0.15, -0.1) is 5.06 Å². The smallest absolute Gasteiger partial charge is 0.480 e. The van der Waals surface area contributed by atoms with Gasteiger partial charge in [0, 0.05) is 25.2 Å². The van der Waals surface area contributed by atoms with Crippen molar-refractivity contribution in [2.24, 2.45) is 5.92 Å². The fourth-order valence-electron chi connectivity index (χ4n) is 5.11. The number of carbonyl (C=O) groups is 4. The first-order valence-corrected chi connectivity index (χ1v) is 14.6. The van der Waals surface area contributed by atoms with E-state index in [1.165, 1.54) is 5.06 Å². The molecule has 2 aliphatic rings. The highest BCUT2D eigenvalue weighted by Gasteiger charge is 2.36. The van der Waals surface area contributed by atoms with Crippen LogP contribution >= 0.6 is 0 Å². The van der Waals surface area contributed by atoms with Crippen molar-refractivity contribution in [3.63, 3.8) is 0 Å². The van der Waals surface area contributed by atoms with Crippen molar-refractivity contribution in [2.75, 3.05) is 31.6 Å². The number of aliphatic carboxylic acids is 1. The number of rotatable bonds is 14. The van der Waals surface area contributed by atoms with E-state index in [0.717, 1.165) is 37.7 Å². The Labute approximate surface area is 250 Å². The van der Waals surface area contributed by atoms with E-state index in [2.05, 4.69) is 20.9 Å². The molecule has 43 heavy (non-hydrogen) atoms. The molecule has 2 aromatic rings. The van der Waals surface area contributed by atoms with Crippen molar-refractivity contribution < 1.29 is 38.6 Å². The summed E-state index contributed by atoms with van der Waals surface area (Å²) in [6.45, 7) is 0.0381. The summed E-state index contributed by atoms with van der Waals surface area (Å²) in [4.78, 5) is 58.8. The first-order valence-electron chi connectivity index (χ1n) is 14.6. The number of aromatic nitrogens is 1. The number of nitrogens with zero attached hydrogens (tertiary/aromatic N) is 2. The Morgan fingerprint density at radius 1 is 1.02 bits per heavy atom. The second kappa shape index (κ2) is 16.4. The number of carbonyl (C=O) groups excluding carboxylic acids is 3. The summed E-state index contributed by atoms with van der Waals surface area (Å²) in [5, 5.41) is 19.3. The lowest BCUT2D eigenvalue weighted by Gasteiger charge is -2.23. The Hall–Kier alpha value is -4.23. The van der Waals surface area contributed by atoms with Gasteiger partial charge in [-0.2, -0.15) is 0 Å². The van der Waals surface area contributed by atoms with Crippen LogP contribution in [0.4, 0.5) is 10.6 Å². The van der Waals surface area contributed by atoms with E-state index >= 15 is 0 Å². The number of amides is 2. The third-order valence-electron chi connectivity index (χ3n) is 7.44. The zero-order valence-electron chi connectivity index (χ0n) is 24.0. The maximum atomic E-state index is 12.5. The Bertz CT molecular complexity index is 1200. The van der Waals surface area contributed by atoms with Gasteiger partial charge in [0.25, 0.3) is 0 Å². The predicted octanol–water partition coefficient (Wildman–Crippen LogP) is 2.49. The zero-order valence-corrected chi connectivity index (χ0v) is 24.0. The highest BCUT2D eigenvalue weighted by Crippen LogP contribution is 2.24. The van der Waals surface area contributed by atoms with Crippen LogP contribution in [-0.2, 0) is 35.3 Å². The third-order valence-corrected chi connectivity index (χ3v) is 7.44. The van der Waals surface area contributed by atoms with Crippen LogP contribution in [0.15, 0.2) is 54.7 Å². The van der Waals surface area contributed by atoms with Crippen molar-refractivity contribution in [3.8, 4) is 0 Å². The molecule has 2 amide bonds. The van der Waals surface area contributed by atoms with Crippen molar-refractivity contribution in [3.05, 3.63) is 60.3 Å². The summed E-state index contributed by atoms with van der Waals surface area (Å²) < 4.78 is 11.0. The molecule has 0 spiro atoms. The van der Waals surface area contributed by atoms with Crippen LogP contribution in [0, 0.1) is 5.92 Å². The van der Waals surface area contributed by atoms with Gasteiger partial charge in [-0.25, -0.2) is 14.6 Å². The Balaban J connectivity index is 1.24. The normalized spacial score (nSPS) is 19.6. The van der Waals surface area contributed by atoms with Crippen molar-refractivity contribution in [1.29, 1.82) is 0 Å². The minimum atomic E-state index is -1.24. The highest BCUT2D eigenvalue weighted by molar-refractivity contribution is 5.86. The fourth-order valence-corrected chi connectivity index (χ4v) is 5.11.